The van der Waals surface area contributed by atoms with Crippen LogP contribution < -0.4 is 5.32 Å². The number of hydrogen-bond acceptors (Lipinski definition) is 4. The van der Waals surface area contributed by atoms with Gasteiger partial charge in [-0.15, -0.1) is 0 Å². The van der Waals surface area contributed by atoms with Gasteiger partial charge in [-0.1, -0.05) is 67.7 Å². The van der Waals surface area contributed by atoms with Gasteiger partial charge in [0, 0.05) is 13.0 Å². The third-order valence-electron chi connectivity index (χ3n) is 5.17. The van der Waals surface area contributed by atoms with Crippen LogP contribution in [0, 0.1) is 0 Å². The highest BCUT2D eigenvalue weighted by atomic mass is 35.5. The van der Waals surface area contributed by atoms with Crippen LogP contribution in [0.25, 0.3) is 0 Å². The predicted molar refractivity (Wildman–Crippen MR) is 130 cm³/mol. The molecule has 0 aliphatic carbocycles. The largest absolute Gasteiger partial charge is 0.416 e. The smallest absolute Gasteiger partial charge is 0.325 e. The lowest BCUT2D eigenvalue weighted by Gasteiger charge is -2.16. The van der Waals surface area contributed by atoms with E-state index in [-0.39, 0.29) is 23.0 Å². The van der Waals surface area contributed by atoms with Gasteiger partial charge in [-0.3, -0.25) is 14.5 Å². The summed E-state index contributed by atoms with van der Waals surface area (Å²) in [5.41, 5.74) is -0.377. The number of para-hydroxylation sites is 1. The molecule has 1 saturated heterocycles. The number of nitrogens with zero attached hydrogens (tertiary/aromatic N) is 2. The second-order valence-electron chi connectivity index (χ2n) is 7.83. The molecule has 2 amide bonds. The van der Waals surface area contributed by atoms with Gasteiger partial charge in [-0.2, -0.15) is 13.2 Å². The quantitative estimate of drug-likeness (QED) is 0.372. The summed E-state index contributed by atoms with van der Waals surface area (Å²) in [5.74, 6) is -0.833. The molecule has 2 aromatic rings. The number of rotatable bonds is 9. The minimum atomic E-state index is -4.57. The van der Waals surface area contributed by atoms with Crippen LogP contribution in [0.1, 0.15) is 44.6 Å². The van der Waals surface area contributed by atoms with E-state index < -0.39 is 22.9 Å². The van der Waals surface area contributed by atoms with Crippen LogP contribution in [0.2, 0.25) is 5.02 Å². The maximum atomic E-state index is 13.1. The molecule has 2 aromatic carbocycles. The fourth-order valence-electron chi connectivity index (χ4n) is 3.41. The van der Waals surface area contributed by atoms with Crippen LogP contribution in [-0.4, -0.2) is 33.7 Å². The van der Waals surface area contributed by atoms with Crippen molar-refractivity contribution in [1.29, 1.82) is 0 Å². The molecule has 1 aliphatic rings. The number of amidine groups is 1. The monoisotopic (exact) mass is 511 g/mol. The number of thioether (sulfide) groups is 1. The Balaban J connectivity index is 1.73. The third kappa shape index (κ3) is 6.99. The molecule has 1 atom stereocenters. The van der Waals surface area contributed by atoms with Gasteiger partial charge in [0.25, 0.3) is 0 Å². The van der Waals surface area contributed by atoms with Crippen molar-refractivity contribution in [3.05, 3.63) is 59.1 Å². The van der Waals surface area contributed by atoms with Gasteiger partial charge < -0.3 is 5.32 Å². The molecule has 0 spiro atoms. The first-order chi connectivity index (χ1) is 16.2. The number of anilines is 1. The second kappa shape index (κ2) is 11.8. The summed E-state index contributed by atoms with van der Waals surface area (Å²) in [5, 5.41) is 2.19. The van der Waals surface area contributed by atoms with Gasteiger partial charge in [-0.25, -0.2) is 4.99 Å². The number of carbonyl (C=O) groups excluding carboxylic acids is 2. The number of alkyl halides is 3. The summed E-state index contributed by atoms with van der Waals surface area (Å²) >= 11 is 7.16. The molecule has 182 valence electrons. The van der Waals surface area contributed by atoms with Crippen molar-refractivity contribution in [2.45, 2.75) is 50.5 Å². The third-order valence-corrected chi connectivity index (χ3v) is 6.68. The Kier molecular flexibility index (Phi) is 9.02. The van der Waals surface area contributed by atoms with Crippen LogP contribution in [0.15, 0.2) is 53.5 Å². The fraction of sp³-hybridized carbons (Fsp3) is 0.375. The number of carbonyl (C=O) groups is 2. The van der Waals surface area contributed by atoms with E-state index in [0.29, 0.717) is 17.4 Å². The predicted octanol–water partition coefficient (Wildman–Crippen LogP) is 6.90. The molecule has 0 unspecified atom stereocenters. The van der Waals surface area contributed by atoms with E-state index >= 15 is 0 Å². The Morgan fingerprint density at radius 1 is 1.15 bits per heavy atom. The zero-order valence-corrected chi connectivity index (χ0v) is 20.1. The molecule has 34 heavy (non-hydrogen) atoms. The van der Waals surface area contributed by atoms with Crippen LogP contribution in [0.3, 0.4) is 0 Å². The molecule has 1 aliphatic heterocycles. The number of unbranched alkanes of at least 4 members (excludes halogenated alkanes) is 3. The number of halogens is 4. The van der Waals surface area contributed by atoms with E-state index in [1.165, 1.54) is 11.8 Å². The normalized spacial score (nSPS) is 17.4. The van der Waals surface area contributed by atoms with E-state index in [0.717, 1.165) is 43.9 Å². The maximum absolute atomic E-state index is 13.1. The first-order valence-corrected chi connectivity index (χ1v) is 12.2. The van der Waals surface area contributed by atoms with Crippen molar-refractivity contribution < 1.29 is 22.8 Å². The van der Waals surface area contributed by atoms with Crippen molar-refractivity contribution in [2.24, 2.45) is 4.99 Å². The Bertz CT molecular complexity index is 1050. The van der Waals surface area contributed by atoms with Crippen molar-refractivity contribution in [1.82, 2.24) is 4.90 Å². The topological polar surface area (TPSA) is 61.8 Å². The fourth-order valence-corrected chi connectivity index (χ4v) is 4.76. The van der Waals surface area contributed by atoms with Gasteiger partial charge in [0.05, 0.1) is 22.0 Å². The highest BCUT2D eigenvalue weighted by molar-refractivity contribution is 8.15. The molecule has 0 bridgehead atoms. The lowest BCUT2D eigenvalue weighted by molar-refractivity contribution is -0.137. The molecular formula is C24H25ClF3N3O2S. The summed E-state index contributed by atoms with van der Waals surface area (Å²) in [6, 6.07) is 11.9. The number of aliphatic imine (C=N–C) groups is 1. The summed E-state index contributed by atoms with van der Waals surface area (Å²) in [6.07, 6.45) is -0.869. The van der Waals surface area contributed by atoms with Crippen molar-refractivity contribution in [3.8, 4) is 0 Å². The molecule has 1 fully saturated rings. The zero-order chi connectivity index (χ0) is 24.7. The molecule has 1 heterocycles. The molecule has 0 saturated carbocycles. The minimum Gasteiger partial charge on any atom is -0.325 e. The molecule has 3 rings (SSSR count). The molecule has 0 radical (unpaired) electrons. The summed E-state index contributed by atoms with van der Waals surface area (Å²) in [6.45, 7) is 2.60. The molecule has 10 heteroatoms. The first-order valence-electron chi connectivity index (χ1n) is 11.0. The first kappa shape index (κ1) is 26.1. The lowest BCUT2D eigenvalue weighted by atomic mass is 10.1. The van der Waals surface area contributed by atoms with Crippen LogP contribution in [-0.2, 0) is 15.8 Å². The van der Waals surface area contributed by atoms with Gasteiger partial charge >= 0.3 is 6.18 Å². The Morgan fingerprint density at radius 2 is 1.88 bits per heavy atom. The van der Waals surface area contributed by atoms with Gasteiger partial charge in [-0.05, 0) is 36.8 Å². The van der Waals surface area contributed by atoms with E-state index in [4.69, 9.17) is 11.6 Å². The van der Waals surface area contributed by atoms with Gasteiger partial charge in [0.2, 0.25) is 11.8 Å². The molecule has 0 aromatic heterocycles. The van der Waals surface area contributed by atoms with E-state index in [1.807, 2.05) is 30.3 Å². The molecular weight excluding hydrogens is 487 g/mol. The minimum absolute atomic E-state index is 0.0179. The SMILES string of the molecule is CCCCCCN1C(=O)[C@@H](CC(=O)Nc2cc(C(F)(F)F)ccc2Cl)SC1=Nc1ccccc1. The van der Waals surface area contributed by atoms with E-state index in [1.54, 1.807) is 4.90 Å². The average Bonchev–Trinajstić information content (AvgIpc) is 3.06. The Morgan fingerprint density at radius 3 is 2.56 bits per heavy atom. The maximum Gasteiger partial charge on any atom is 0.416 e. The highest BCUT2D eigenvalue weighted by Gasteiger charge is 2.39. The van der Waals surface area contributed by atoms with Crippen molar-refractivity contribution in [3.63, 3.8) is 0 Å². The number of nitrogens with one attached hydrogen (secondary N) is 1. The average molecular weight is 512 g/mol. The lowest BCUT2D eigenvalue weighted by Crippen LogP contribution is -2.34. The van der Waals surface area contributed by atoms with Crippen molar-refractivity contribution in [2.75, 3.05) is 11.9 Å². The van der Waals surface area contributed by atoms with Gasteiger partial charge in [0.15, 0.2) is 5.17 Å². The van der Waals surface area contributed by atoms with Crippen LogP contribution in [0.5, 0.6) is 0 Å². The second-order valence-corrected chi connectivity index (χ2v) is 9.41. The molecule has 5 nitrogen and oxygen atoms in total. The van der Waals surface area contributed by atoms with Crippen molar-refractivity contribution >= 4 is 51.7 Å². The number of hydrogen-bond donors (Lipinski definition) is 1. The van der Waals surface area contributed by atoms with Crippen LogP contribution >= 0.6 is 23.4 Å². The zero-order valence-electron chi connectivity index (χ0n) is 18.6. The van der Waals surface area contributed by atoms with Gasteiger partial charge in [0.1, 0.15) is 5.25 Å². The summed E-state index contributed by atoms with van der Waals surface area (Å²) in [4.78, 5) is 31.9. The number of amides is 2. The Hall–Kier alpha value is -2.52. The molecule has 1 N–H and O–H groups in total. The Labute approximate surface area is 205 Å². The van der Waals surface area contributed by atoms with E-state index in [2.05, 4.69) is 17.2 Å². The standard InChI is InChI=1S/C24H25ClF3N3O2S/c1-2-3-4-8-13-31-22(33)20(34-23(31)29-17-9-6-5-7-10-17)15-21(32)30-19-14-16(24(26,27)28)11-12-18(19)25/h5-7,9-12,14,20H,2-4,8,13,15H2,1H3,(H,30,32)/t20-/m1/s1. The summed E-state index contributed by atoms with van der Waals surface area (Å²) in [7, 11) is 0. The number of benzene rings is 2. The summed E-state index contributed by atoms with van der Waals surface area (Å²) < 4.78 is 39.0. The van der Waals surface area contributed by atoms with Crippen LogP contribution in [0.4, 0.5) is 24.5 Å². The van der Waals surface area contributed by atoms with E-state index in [9.17, 15) is 22.8 Å². The highest BCUT2D eigenvalue weighted by Crippen LogP contribution is 2.35.